The van der Waals surface area contributed by atoms with Crippen molar-refractivity contribution in [3.8, 4) is 11.5 Å². The molecule has 2 aromatic carbocycles. The molecule has 174 valence electrons. The quantitative estimate of drug-likeness (QED) is 0.622. The molecule has 0 aliphatic carbocycles. The highest BCUT2D eigenvalue weighted by molar-refractivity contribution is 6.24. The maximum atomic E-state index is 13.8. The molecule has 0 saturated carbocycles. The average molecular weight is 453 g/mol. The van der Waals surface area contributed by atoms with Gasteiger partial charge in [-0.15, -0.1) is 0 Å². The largest absolute Gasteiger partial charge is 0.497 e. The fourth-order valence-electron chi connectivity index (χ4n) is 5.27. The van der Waals surface area contributed by atoms with E-state index in [9.17, 15) is 19.5 Å². The summed E-state index contributed by atoms with van der Waals surface area (Å²) in [6.07, 6.45) is 0.203. The maximum absolute atomic E-state index is 13.8. The number of rotatable bonds is 7. The molecule has 33 heavy (non-hydrogen) atoms. The van der Waals surface area contributed by atoms with Crippen LogP contribution in [0.5, 0.6) is 11.5 Å². The highest BCUT2D eigenvalue weighted by Gasteiger charge is 2.68. The lowest BCUT2D eigenvalue weighted by molar-refractivity contribution is -0.149. The Labute approximate surface area is 192 Å². The van der Waals surface area contributed by atoms with E-state index < -0.39 is 41.2 Å². The Balaban J connectivity index is 1.87. The number of para-hydroxylation sites is 2. The predicted molar refractivity (Wildman–Crippen MR) is 121 cm³/mol. The number of anilines is 1. The van der Waals surface area contributed by atoms with Crippen molar-refractivity contribution in [2.24, 2.45) is 17.8 Å². The molecule has 2 saturated heterocycles. The summed E-state index contributed by atoms with van der Waals surface area (Å²) >= 11 is 0. The van der Waals surface area contributed by atoms with Crippen molar-refractivity contribution >= 4 is 23.5 Å². The van der Waals surface area contributed by atoms with E-state index >= 15 is 0 Å². The van der Waals surface area contributed by atoms with Crippen molar-refractivity contribution in [2.75, 3.05) is 19.1 Å². The normalized spacial score (nSPS) is 26.6. The number of amides is 2. The first-order chi connectivity index (χ1) is 15.7. The van der Waals surface area contributed by atoms with Gasteiger partial charge in [-0.1, -0.05) is 38.1 Å². The number of carbonyl (C=O) groups is 3. The summed E-state index contributed by atoms with van der Waals surface area (Å²) in [4.78, 5) is 41.3. The molecule has 0 bridgehead atoms. The Morgan fingerprint density at radius 1 is 1.06 bits per heavy atom. The third kappa shape index (κ3) is 3.54. The van der Waals surface area contributed by atoms with E-state index in [1.54, 1.807) is 55.6 Å². The molecule has 0 aromatic heterocycles. The summed E-state index contributed by atoms with van der Waals surface area (Å²) in [5, 5.41) is 13.6. The average Bonchev–Trinajstić information content (AvgIpc) is 3.27. The molecule has 8 heteroatoms. The van der Waals surface area contributed by atoms with E-state index in [4.69, 9.17) is 9.47 Å². The van der Waals surface area contributed by atoms with Crippen LogP contribution in [0.3, 0.4) is 0 Å². The SMILES string of the molecule is COc1ccc([C@@H]2N[C@](CC(C)C)(C(=O)O)[C@H]3C(=O)N(c4ccccc4OC)C(=O)[C@@H]23)cc1. The van der Waals surface area contributed by atoms with Gasteiger partial charge < -0.3 is 14.6 Å². The monoisotopic (exact) mass is 452 g/mol. The van der Waals surface area contributed by atoms with Crippen LogP contribution in [0.4, 0.5) is 5.69 Å². The van der Waals surface area contributed by atoms with E-state index in [0.717, 1.165) is 10.5 Å². The highest BCUT2D eigenvalue weighted by atomic mass is 16.5. The van der Waals surface area contributed by atoms with E-state index in [0.29, 0.717) is 17.2 Å². The van der Waals surface area contributed by atoms with Crippen molar-refractivity contribution in [2.45, 2.75) is 31.8 Å². The number of hydrogen-bond donors (Lipinski definition) is 2. The van der Waals surface area contributed by atoms with Gasteiger partial charge in [-0.2, -0.15) is 0 Å². The molecule has 2 heterocycles. The Morgan fingerprint density at radius 2 is 1.73 bits per heavy atom. The fraction of sp³-hybridized carbons (Fsp3) is 0.400. The summed E-state index contributed by atoms with van der Waals surface area (Å²) < 4.78 is 10.6. The number of imide groups is 1. The number of ether oxygens (including phenoxy) is 2. The number of carboxylic acids is 1. The molecule has 0 radical (unpaired) electrons. The third-order valence-corrected chi connectivity index (χ3v) is 6.57. The van der Waals surface area contributed by atoms with Crippen molar-refractivity contribution in [3.63, 3.8) is 0 Å². The molecule has 8 nitrogen and oxygen atoms in total. The van der Waals surface area contributed by atoms with Gasteiger partial charge >= 0.3 is 5.97 Å². The number of methoxy groups -OCH3 is 2. The Morgan fingerprint density at radius 3 is 2.30 bits per heavy atom. The first kappa shape index (κ1) is 22.8. The molecule has 2 N–H and O–H groups in total. The van der Waals surface area contributed by atoms with E-state index in [1.165, 1.54) is 7.11 Å². The van der Waals surface area contributed by atoms with Gasteiger partial charge in [0, 0.05) is 6.04 Å². The highest BCUT2D eigenvalue weighted by Crippen LogP contribution is 2.52. The maximum Gasteiger partial charge on any atom is 0.324 e. The van der Waals surface area contributed by atoms with Crippen LogP contribution in [0.25, 0.3) is 0 Å². The number of nitrogens with one attached hydrogen (secondary N) is 1. The summed E-state index contributed by atoms with van der Waals surface area (Å²) in [7, 11) is 3.02. The molecular formula is C25H28N2O6. The van der Waals surface area contributed by atoms with Gasteiger partial charge in [-0.05, 0) is 42.2 Å². The Kier molecular flexibility index (Phi) is 5.88. The van der Waals surface area contributed by atoms with Crippen LogP contribution >= 0.6 is 0 Å². The van der Waals surface area contributed by atoms with Crippen molar-refractivity contribution in [3.05, 3.63) is 54.1 Å². The lowest BCUT2D eigenvalue weighted by atomic mass is 9.75. The van der Waals surface area contributed by atoms with Gasteiger partial charge in [0.1, 0.15) is 17.0 Å². The topological polar surface area (TPSA) is 105 Å². The van der Waals surface area contributed by atoms with Gasteiger partial charge in [0.15, 0.2) is 0 Å². The molecule has 4 atom stereocenters. The second kappa shape index (κ2) is 8.51. The van der Waals surface area contributed by atoms with Gasteiger partial charge in [0.25, 0.3) is 0 Å². The predicted octanol–water partition coefficient (Wildman–Crippen LogP) is 3.02. The van der Waals surface area contributed by atoms with E-state index in [-0.39, 0.29) is 12.3 Å². The minimum absolute atomic E-state index is 0.0212. The number of carboxylic acid groups (broad SMARTS) is 1. The zero-order valence-electron chi connectivity index (χ0n) is 19.1. The molecule has 0 spiro atoms. The first-order valence-electron chi connectivity index (χ1n) is 10.9. The Hall–Kier alpha value is -3.39. The molecule has 0 unspecified atom stereocenters. The molecule has 4 rings (SSSR count). The summed E-state index contributed by atoms with van der Waals surface area (Å²) in [6, 6.07) is 13.2. The number of hydrogen-bond acceptors (Lipinski definition) is 6. The van der Waals surface area contributed by atoms with Gasteiger partial charge in [-0.25, -0.2) is 4.90 Å². The van der Waals surface area contributed by atoms with Crippen LogP contribution < -0.4 is 19.7 Å². The zero-order chi connectivity index (χ0) is 23.9. The zero-order valence-corrected chi connectivity index (χ0v) is 19.1. The lowest BCUT2D eigenvalue weighted by Gasteiger charge is -2.32. The summed E-state index contributed by atoms with van der Waals surface area (Å²) in [6.45, 7) is 3.81. The van der Waals surface area contributed by atoms with Gasteiger partial charge in [0.2, 0.25) is 11.8 Å². The van der Waals surface area contributed by atoms with Crippen LogP contribution in [0.15, 0.2) is 48.5 Å². The minimum atomic E-state index is -1.58. The number of carbonyl (C=O) groups excluding carboxylic acids is 2. The lowest BCUT2D eigenvalue weighted by Crippen LogP contribution is -2.56. The van der Waals surface area contributed by atoms with Crippen LogP contribution in [0.2, 0.25) is 0 Å². The van der Waals surface area contributed by atoms with Crippen molar-refractivity contribution < 1.29 is 29.0 Å². The number of benzene rings is 2. The molecule has 2 aliphatic heterocycles. The second-order valence-electron chi connectivity index (χ2n) is 8.96. The number of fused-ring (bicyclic) bond motifs is 1. The second-order valence-corrected chi connectivity index (χ2v) is 8.96. The molecule has 2 aliphatic rings. The van der Waals surface area contributed by atoms with E-state index in [2.05, 4.69) is 5.32 Å². The first-order valence-corrected chi connectivity index (χ1v) is 10.9. The fourth-order valence-corrected chi connectivity index (χ4v) is 5.27. The van der Waals surface area contributed by atoms with Crippen LogP contribution in [-0.4, -0.2) is 42.6 Å². The number of nitrogens with zero attached hydrogens (tertiary/aromatic N) is 1. The van der Waals surface area contributed by atoms with Crippen LogP contribution in [-0.2, 0) is 14.4 Å². The van der Waals surface area contributed by atoms with Crippen molar-refractivity contribution in [1.82, 2.24) is 5.32 Å². The molecule has 2 fully saturated rings. The van der Waals surface area contributed by atoms with Gasteiger partial charge in [0.05, 0.1) is 31.7 Å². The minimum Gasteiger partial charge on any atom is -0.497 e. The summed E-state index contributed by atoms with van der Waals surface area (Å²) in [5.41, 5.74) is -0.533. The molecule has 2 aromatic rings. The van der Waals surface area contributed by atoms with Crippen LogP contribution in [0, 0.1) is 17.8 Å². The van der Waals surface area contributed by atoms with E-state index in [1.807, 2.05) is 13.8 Å². The summed E-state index contributed by atoms with van der Waals surface area (Å²) in [5.74, 6) is -3.02. The standard InChI is InChI=1S/C25H28N2O6/c1-14(2)13-25(24(30)31)20-19(21(26-25)15-9-11-16(32-3)12-10-15)22(28)27(23(20)29)17-7-5-6-8-18(17)33-4/h5-12,14,19-21,26H,13H2,1-4H3,(H,30,31)/t19-,20-,21+,25+/m1/s1. The van der Waals surface area contributed by atoms with Crippen LogP contribution in [0.1, 0.15) is 31.9 Å². The third-order valence-electron chi connectivity index (χ3n) is 6.57. The van der Waals surface area contributed by atoms with Gasteiger partial charge in [-0.3, -0.25) is 19.7 Å². The Bertz CT molecular complexity index is 1080. The molecular weight excluding hydrogens is 424 g/mol. The smallest absolute Gasteiger partial charge is 0.324 e. The number of aliphatic carboxylic acids is 1. The van der Waals surface area contributed by atoms with Crippen molar-refractivity contribution in [1.29, 1.82) is 0 Å². The molecule has 2 amide bonds.